The summed E-state index contributed by atoms with van der Waals surface area (Å²) in [4.78, 5) is 23.1. The maximum atomic E-state index is 13.4. The summed E-state index contributed by atoms with van der Waals surface area (Å²) in [5.41, 5.74) is -1.26. The molecule has 2 aromatic rings. The van der Waals surface area contributed by atoms with E-state index in [9.17, 15) is 31.5 Å². The van der Waals surface area contributed by atoms with Crippen LogP contribution in [0.3, 0.4) is 0 Å². The van der Waals surface area contributed by atoms with Crippen molar-refractivity contribution in [2.24, 2.45) is 0 Å². The Hall–Kier alpha value is -3.17. The van der Waals surface area contributed by atoms with E-state index in [0.717, 1.165) is 24.3 Å². The molecule has 0 unspecified atom stereocenters. The highest BCUT2D eigenvalue weighted by atomic mass is 19.4. The Morgan fingerprint density at radius 1 is 1.00 bits per heavy atom. The van der Waals surface area contributed by atoms with Crippen LogP contribution in [0.15, 0.2) is 42.5 Å². The van der Waals surface area contributed by atoms with Crippen LogP contribution >= 0.6 is 0 Å². The van der Waals surface area contributed by atoms with Gasteiger partial charge in [-0.1, -0.05) is 6.07 Å². The van der Waals surface area contributed by atoms with E-state index in [1.807, 2.05) is 0 Å². The van der Waals surface area contributed by atoms with E-state index in [-0.39, 0.29) is 11.4 Å². The first-order valence-electron chi connectivity index (χ1n) is 7.36. The Morgan fingerprint density at radius 3 is 2.41 bits per heavy atom. The highest BCUT2D eigenvalue weighted by Crippen LogP contribution is 2.31. The number of hydrogen-bond acceptors (Lipinski definition) is 4. The molecule has 0 atom stereocenters. The second-order valence-corrected chi connectivity index (χ2v) is 5.15. The molecule has 2 rings (SSSR count). The average Bonchev–Trinajstić information content (AvgIpc) is 2.60. The molecule has 0 aromatic heterocycles. The lowest BCUT2D eigenvalue weighted by Gasteiger charge is -2.10. The topological polar surface area (TPSA) is 64.6 Å². The smallest absolute Gasteiger partial charge is 0.416 e. The van der Waals surface area contributed by atoms with Crippen LogP contribution in [0.5, 0.6) is 5.75 Å². The second kappa shape index (κ2) is 8.47. The van der Waals surface area contributed by atoms with Gasteiger partial charge in [0, 0.05) is 6.07 Å². The largest absolute Gasteiger partial charge is 0.482 e. The van der Waals surface area contributed by atoms with Crippen molar-refractivity contribution in [1.29, 1.82) is 0 Å². The highest BCUT2D eigenvalue weighted by Gasteiger charge is 2.30. The van der Waals surface area contributed by atoms with Gasteiger partial charge < -0.3 is 14.8 Å². The zero-order valence-electron chi connectivity index (χ0n) is 13.5. The summed E-state index contributed by atoms with van der Waals surface area (Å²) in [6, 6.07) is 6.33. The van der Waals surface area contributed by atoms with Crippen molar-refractivity contribution in [2.45, 2.75) is 6.18 Å². The molecular weight excluding hydrogens is 377 g/mol. The van der Waals surface area contributed by atoms with Gasteiger partial charge in [0.05, 0.1) is 11.3 Å². The number of alkyl halides is 3. The number of rotatable bonds is 6. The van der Waals surface area contributed by atoms with Crippen molar-refractivity contribution >= 4 is 17.6 Å². The van der Waals surface area contributed by atoms with Crippen LogP contribution in [0.4, 0.5) is 27.6 Å². The van der Waals surface area contributed by atoms with Crippen molar-refractivity contribution in [3.05, 3.63) is 59.7 Å². The lowest BCUT2D eigenvalue weighted by atomic mass is 10.2. The van der Waals surface area contributed by atoms with Gasteiger partial charge in [-0.25, -0.2) is 13.6 Å². The standard InChI is InChI=1S/C17H12F5NO4/c18-11-4-5-14(13(19)7-11)23-15(24)8-27-16(25)9-26-12-3-1-2-10(6-12)17(20,21)22/h1-7H,8-9H2,(H,23,24). The van der Waals surface area contributed by atoms with Gasteiger partial charge in [0.2, 0.25) is 0 Å². The SMILES string of the molecule is O=C(COC(=O)COc1cccc(C(F)(F)F)c1)Nc1ccc(F)cc1F. The van der Waals surface area contributed by atoms with Crippen LogP contribution in [0.25, 0.3) is 0 Å². The minimum absolute atomic E-state index is 0.209. The highest BCUT2D eigenvalue weighted by molar-refractivity contribution is 5.92. The number of amides is 1. The van der Waals surface area contributed by atoms with Crippen LogP contribution in [0.2, 0.25) is 0 Å². The molecular formula is C17H12F5NO4. The van der Waals surface area contributed by atoms with Crippen molar-refractivity contribution in [1.82, 2.24) is 0 Å². The Morgan fingerprint density at radius 2 is 1.74 bits per heavy atom. The number of esters is 1. The van der Waals surface area contributed by atoms with Crippen LogP contribution < -0.4 is 10.1 Å². The summed E-state index contributed by atoms with van der Waals surface area (Å²) in [6.07, 6.45) is -4.56. The van der Waals surface area contributed by atoms with Crippen molar-refractivity contribution in [3.63, 3.8) is 0 Å². The van der Waals surface area contributed by atoms with Crippen LogP contribution in [0.1, 0.15) is 5.56 Å². The van der Waals surface area contributed by atoms with Gasteiger partial charge in [0.1, 0.15) is 17.4 Å². The van der Waals surface area contributed by atoms with E-state index in [2.05, 4.69) is 10.1 Å². The van der Waals surface area contributed by atoms with Gasteiger partial charge in [0.25, 0.3) is 5.91 Å². The number of hydrogen-bond donors (Lipinski definition) is 1. The fourth-order valence-electron chi connectivity index (χ4n) is 1.87. The number of halogens is 5. The average molecular weight is 389 g/mol. The predicted molar refractivity (Wildman–Crippen MR) is 82.9 cm³/mol. The quantitative estimate of drug-likeness (QED) is 0.606. The van der Waals surface area contributed by atoms with Crippen molar-refractivity contribution in [3.8, 4) is 5.75 Å². The minimum Gasteiger partial charge on any atom is -0.482 e. The molecule has 1 N–H and O–H groups in total. The van der Waals surface area contributed by atoms with E-state index in [1.165, 1.54) is 6.07 Å². The van der Waals surface area contributed by atoms with E-state index >= 15 is 0 Å². The number of ether oxygens (including phenoxy) is 2. The first-order chi connectivity index (χ1) is 12.6. The molecule has 1 amide bonds. The molecule has 0 fully saturated rings. The molecule has 0 saturated carbocycles. The minimum atomic E-state index is -4.56. The summed E-state index contributed by atoms with van der Waals surface area (Å²) in [5, 5.41) is 2.07. The second-order valence-electron chi connectivity index (χ2n) is 5.15. The molecule has 5 nitrogen and oxygen atoms in total. The van der Waals surface area contributed by atoms with Gasteiger partial charge in [0.15, 0.2) is 13.2 Å². The molecule has 0 bridgehead atoms. The van der Waals surface area contributed by atoms with Crippen LogP contribution in [0, 0.1) is 11.6 Å². The number of nitrogens with one attached hydrogen (secondary N) is 1. The third-order valence-corrected chi connectivity index (χ3v) is 3.09. The lowest BCUT2D eigenvalue weighted by molar-refractivity contribution is -0.149. The van der Waals surface area contributed by atoms with Gasteiger partial charge in [-0.15, -0.1) is 0 Å². The first-order valence-corrected chi connectivity index (χ1v) is 7.36. The van der Waals surface area contributed by atoms with E-state index in [1.54, 1.807) is 0 Å². The molecule has 0 aliphatic heterocycles. The number of carbonyl (C=O) groups excluding carboxylic acids is 2. The maximum absolute atomic E-state index is 13.4. The monoisotopic (exact) mass is 389 g/mol. The van der Waals surface area contributed by atoms with Gasteiger partial charge in [-0.3, -0.25) is 4.79 Å². The molecule has 0 heterocycles. The lowest BCUT2D eigenvalue weighted by Crippen LogP contribution is -2.24. The van der Waals surface area contributed by atoms with Crippen molar-refractivity contribution in [2.75, 3.05) is 18.5 Å². The number of benzene rings is 2. The van der Waals surface area contributed by atoms with E-state index in [4.69, 9.17) is 4.74 Å². The third-order valence-electron chi connectivity index (χ3n) is 3.09. The summed E-state index contributed by atoms with van der Waals surface area (Å²) in [5.74, 6) is -3.97. The normalized spacial score (nSPS) is 11.0. The van der Waals surface area contributed by atoms with Gasteiger partial charge in [-0.2, -0.15) is 13.2 Å². The third kappa shape index (κ3) is 6.24. The predicted octanol–water partition coefficient (Wildman–Crippen LogP) is 3.54. The molecule has 144 valence electrons. The maximum Gasteiger partial charge on any atom is 0.416 e. The molecule has 2 aromatic carbocycles. The van der Waals surface area contributed by atoms with Gasteiger partial charge in [-0.05, 0) is 30.3 Å². The van der Waals surface area contributed by atoms with Gasteiger partial charge >= 0.3 is 12.1 Å². The molecule has 10 heteroatoms. The summed E-state index contributed by atoms with van der Waals surface area (Å²) in [6.45, 7) is -1.53. The molecule has 0 spiro atoms. The molecule has 0 saturated heterocycles. The summed E-state index contributed by atoms with van der Waals surface area (Å²) >= 11 is 0. The molecule has 27 heavy (non-hydrogen) atoms. The van der Waals surface area contributed by atoms with Crippen LogP contribution in [-0.2, 0) is 20.5 Å². The number of carbonyl (C=O) groups is 2. The summed E-state index contributed by atoms with van der Waals surface area (Å²) < 4.78 is 73.3. The Kier molecular flexibility index (Phi) is 6.32. The van der Waals surface area contributed by atoms with Crippen LogP contribution in [-0.4, -0.2) is 25.1 Å². The summed E-state index contributed by atoms with van der Waals surface area (Å²) in [7, 11) is 0. The fourth-order valence-corrected chi connectivity index (χ4v) is 1.87. The zero-order chi connectivity index (χ0) is 20.0. The van der Waals surface area contributed by atoms with E-state index in [0.29, 0.717) is 12.1 Å². The first kappa shape index (κ1) is 20.1. The van der Waals surface area contributed by atoms with Crippen molar-refractivity contribution < 1.29 is 41.0 Å². The Labute approximate surface area is 149 Å². The molecule has 0 aliphatic carbocycles. The zero-order valence-corrected chi connectivity index (χ0v) is 13.5. The molecule has 0 aliphatic rings. The Bertz CT molecular complexity index is 838. The fraction of sp³-hybridized carbons (Fsp3) is 0.176. The number of anilines is 1. The molecule has 0 radical (unpaired) electrons. The van der Waals surface area contributed by atoms with E-state index < -0.39 is 48.5 Å². The Balaban J connectivity index is 1.80.